The molecular weight excluding hydrogens is 288 g/mol. The number of hydrogen-bond acceptors (Lipinski definition) is 5. The fraction of sp³-hybridized carbons (Fsp3) is 0.467. The van der Waals surface area contributed by atoms with E-state index in [1.54, 1.807) is 14.2 Å². The van der Waals surface area contributed by atoms with Crippen molar-refractivity contribution < 1.29 is 24.2 Å². The first-order valence-corrected chi connectivity index (χ1v) is 7.02. The standard InChI is InChI=1S/C15H20N2O5/c1-21-12-5-11(6-13(7-12)22-2)17-4-3-10(9-17)8-16-14(18)15(19)20/h5-7,10H,3-4,8-9H2,1-2H3,(H,16,18)(H,19,20). The summed E-state index contributed by atoms with van der Waals surface area (Å²) in [6.07, 6.45) is 0.888. The number of aliphatic carboxylic acids is 1. The molecule has 1 heterocycles. The second-order valence-electron chi connectivity index (χ2n) is 5.19. The van der Waals surface area contributed by atoms with Crippen LogP contribution in [0.4, 0.5) is 5.69 Å². The molecule has 2 N–H and O–H groups in total. The number of methoxy groups -OCH3 is 2. The third-order valence-electron chi connectivity index (χ3n) is 3.73. The molecule has 1 amide bonds. The fourth-order valence-electron chi connectivity index (χ4n) is 2.52. The molecule has 0 spiro atoms. The van der Waals surface area contributed by atoms with Gasteiger partial charge in [0.2, 0.25) is 0 Å². The number of hydrogen-bond donors (Lipinski definition) is 2. The molecule has 2 rings (SSSR count). The van der Waals surface area contributed by atoms with Crippen molar-refractivity contribution in [3.63, 3.8) is 0 Å². The molecule has 0 aliphatic carbocycles. The van der Waals surface area contributed by atoms with Gasteiger partial charge in [0, 0.05) is 43.5 Å². The molecule has 0 bridgehead atoms. The number of nitrogens with zero attached hydrogens (tertiary/aromatic N) is 1. The molecule has 0 aromatic heterocycles. The Morgan fingerprint density at radius 3 is 2.45 bits per heavy atom. The first-order chi connectivity index (χ1) is 10.5. The van der Waals surface area contributed by atoms with Crippen molar-refractivity contribution in [3.8, 4) is 11.5 Å². The molecule has 1 aliphatic rings. The molecule has 1 aromatic rings. The summed E-state index contributed by atoms with van der Waals surface area (Å²) in [4.78, 5) is 23.7. The Labute approximate surface area is 128 Å². The number of anilines is 1. The maximum absolute atomic E-state index is 11.1. The molecule has 1 aromatic carbocycles. The van der Waals surface area contributed by atoms with E-state index in [2.05, 4.69) is 10.2 Å². The third-order valence-corrected chi connectivity index (χ3v) is 3.73. The van der Waals surface area contributed by atoms with E-state index in [0.29, 0.717) is 6.54 Å². The Kier molecular flexibility index (Phi) is 5.08. The van der Waals surface area contributed by atoms with E-state index in [4.69, 9.17) is 14.6 Å². The smallest absolute Gasteiger partial charge is 0.394 e. The Hall–Kier alpha value is -2.44. The Bertz CT molecular complexity index is 539. The molecule has 1 aliphatic heterocycles. The average molecular weight is 308 g/mol. The van der Waals surface area contributed by atoms with Gasteiger partial charge >= 0.3 is 11.9 Å². The van der Waals surface area contributed by atoms with Gasteiger partial charge in [-0.1, -0.05) is 0 Å². The average Bonchev–Trinajstić information content (AvgIpc) is 3.00. The van der Waals surface area contributed by atoms with Crippen molar-refractivity contribution in [2.75, 3.05) is 38.8 Å². The number of ether oxygens (including phenoxy) is 2. The highest BCUT2D eigenvalue weighted by molar-refractivity contribution is 6.31. The molecule has 7 nitrogen and oxygen atoms in total. The molecule has 7 heteroatoms. The second kappa shape index (κ2) is 7.02. The first kappa shape index (κ1) is 15.9. The zero-order valence-corrected chi connectivity index (χ0v) is 12.7. The van der Waals surface area contributed by atoms with E-state index in [-0.39, 0.29) is 5.92 Å². The molecule has 0 radical (unpaired) electrons. The Morgan fingerprint density at radius 2 is 1.91 bits per heavy atom. The highest BCUT2D eigenvalue weighted by Gasteiger charge is 2.24. The topological polar surface area (TPSA) is 88.1 Å². The summed E-state index contributed by atoms with van der Waals surface area (Å²) in [6.45, 7) is 1.95. The first-order valence-electron chi connectivity index (χ1n) is 7.02. The van der Waals surface area contributed by atoms with Crippen molar-refractivity contribution in [2.24, 2.45) is 5.92 Å². The van der Waals surface area contributed by atoms with Gasteiger partial charge in [0.15, 0.2) is 0 Å². The largest absolute Gasteiger partial charge is 0.497 e. The van der Waals surface area contributed by atoms with Crippen LogP contribution in [0, 0.1) is 5.92 Å². The summed E-state index contributed by atoms with van der Waals surface area (Å²) in [7, 11) is 3.21. The lowest BCUT2D eigenvalue weighted by Gasteiger charge is -2.20. The lowest BCUT2D eigenvalue weighted by Crippen LogP contribution is -2.35. The summed E-state index contributed by atoms with van der Waals surface area (Å²) in [6, 6.07) is 5.67. The minimum atomic E-state index is -1.45. The molecule has 0 saturated carbocycles. The van der Waals surface area contributed by atoms with Crippen LogP contribution in [-0.4, -0.2) is 50.8 Å². The van der Waals surface area contributed by atoms with Crippen LogP contribution in [0.25, 0.3) is 0 Å². The van der Waals surface area contributed by atoms with Crippen LogP contribution in [0.15, 0.2) is 18.2 Å². The van der Waals surface area contributed by atoms with Gasteiger partial charge in [0.1, 0.15) is 11.5 Å². The van der Waals surface area contributed by atoms with Gasteiger partial charge in [-0.3, -0.25) is 4.79 Å². The van der Waals surface area contributed by atoms with Crippen LogP contribution in [0.2, 0.25) is 0 Å². The summed E-state index contributed by atoms with van der Waals surface area (Å²) >= 11 is 0. The maximum Gasteiger partial charge on any atom is 0.394 e. The minimum absolute atomic E-state index is 0.223. The van der Waals surface area contributed by atoms with Crippen LogP contribution in [0.5, 0.6) is 11.5 Å². The fourth-order valence-corrected chi connectivity index (χ4v) is 2.52. The molecule has 22 heavy (non-hydrogen) atoms. The predicted octanol–water partition coefficient (Wildman–Crippen LogP) is 0.731. The number of nitrogens with one attached hydrogen (secondary N) is 1. The molecule has 1 atom stereocenters. The van der Waals surface area contributed by atoms with Crippen LogP contribution in [0.3, 0.4) is 0 Å². The Morgan fingerprint density at radius 1 is 1.27 bits per heavy atom. The summed E-state index contributed by atoms with van der Waals surface area (Å²) in [5.41, 5.74) is 0.989. The number of benzene rings is 1. The van der Waals surface area contributed by atoms with E-state index in [1.807, 2.05) is 18.2 Å². The normalized spacial score (nSPS) is 17.2. The van der Waals surface area contributed by atoms with Gasteiger partial charge < -0.3 is 24.8 Å². The number of carbonyl (C=O) groups excluding carboxylic acids is 1. The zero-order chi connectivity index (χ0) is 16.1. The third kappa shape index (κ3) is 3.81. The second-order valence-corrected chi connectivity index (χ2v) is 5.19. The summed E-state index contributed by atoms with van der Waals surface area (Å²) < 4.78 is 10.5. The number of rotatable bonds is 5. The number of carbonyl (C=O) groups is 2. The van der Waals surface area contributed by atoms with Crippen molar-refractivity contribution in [1.29, 1.82) is 0 Å². The van der Waals surface area contributed by atoms with Gasteiger partial charge in [0.05, 0.1) is 14.2 Å². The van der Waals surface area contributed by atoms with E-state index in [1.165, 1.54) is 0 Å². The highest BCUT2D eigenvalue weighted by Crippen LogP contribution is 2.31. The van der Waals surface area contributed by atoms with Crippen LogP contribution >= 0.6 is 0 Å². The molecular formula is C15H20N2O5. The summed E-state index contributed by atoms with van der Waals surface area (Å²) in [5.74, 6) is -0.747. The molecule has 1 saturated heterocycles. The molecule has 1 unspecified atom stereocenters. The number of amides is 1. The SMILES string of the molecule is COc1cc(OC)cc(N2CCC(CNC(=O)C(=O)O)C2)c1. The minimum Gasteiger partial charge on any atom is -0.497 e. The van der Waals surface area contributed by atoms with Gasteiger partial charge in [0.25, 0.3) is 0 Å². The van der Waals surface area contributed by atoms with Gasteiger partial charge in [-0.2, -0.15) is 0 Å². The van der Waals surface area contributed by atoms with Crippen molar-refractivity contribution in [2.45, 2.75) is 6.42 Å². The van der Waals surface area contributed by atoms with Crippen molar-refractivity contribution in [1.82, 2.24) is 5.32 Å². The monoisotopic (exact) mass is 308 g/mol. The van der Waals surface area contributed by atoms with Crippen LogP contribution in [-0.2, 0) is 9.59 Å². The highest BCUT2D eigenvalue weighted by atomic mass is 16.5. The number of carboxylic acid groups (broad SMARTS) is 1. The lowest BCUT2D eigenvalue weighted by atomic mass is 10.1. The van der Waals surface area contributed by atoms with Gasteiger partial charge in [-0.05, 0) is 12.3 Å². The zero-order valence-electron chi connectivity index (χ0n) is 12.7. The molecule has 120 valence electrons. The van der Waals surface area contributed by atoms with Crippen LogP contribution in [0.1, 0.15) is 6.42 Å². The van der Waals surface area contributed by atoms with Crippen molar-refractivity contribution in [3.05, 3.63) is 18.2 Å². The van der Waals surface area contributed by atoms with E-state index in [0.717, 1.165) is 36.7 Å². The van der Waals surface area contributed by atoms with Crippen LogP contribution < -0.4 is 19.7 Å². The van der Waals surface area contributed by atoms with E-state index in [9.17, 15) is 9.59 Å². The Balaban J connectivity index is 1.98. The molecule has 1 fully saturated rings. The predicted molar refractivity (Wildman–Crippen MR) is 80.5 cm³/mol. The van der Waals surface area contributed by atoms with E-state index >= 15 is 0 Å². The van der Waals surface area contributed by atoms with Gasteiger partial charge in [-0.25, -0.2) is 4.79 Å². The van der Waals surface area contributed by atoms with Gasteiger partial charge in [-0.15, -0.1) is 0 Å². The number of carboxylic acids is 1. The van der Waals surface area contributed by atoms with Crippen molar-refractivity contribution >= 4 is 17.6 Å². The van der Waals surface area contributed by atoms with E-state index < -0.39 is 11.9 Å². The summed E-state index contributed by atoms with van der Waals surface area (Å²) in [5, 5.41) is 11.0. The maximum atomic E-state index is 11.1. The lowest BCUT2D eigenvalue weighted by molar-refractivity contribution is -0.150. The quantitative estimate of drug-likeness (QED) is 0.780.